The fourth-order valence-electron chi connectivity index (χ4n) is 3.68. The fraction of sp³-hybridized carbons (Fsp3) is 0.792. The van der Waals surface area contributed by atoms with Gasteiger partial charge in [0.1, 0.15) is 24.4 Å². The van der Waals surface area contributed by atoms with Crippen LogP contribution in [0.5, 0.6) is 0 Å². The summed E-state index contributed by atoms with van der Waals surface area (Å²) in [6, 6.07) is -0.950. The zero-order valence-electron chi connectivity index (χ0n) is 21.0. The van der Waals surface area contributed by atoms with Crippen molar-refractivity contribution in [3.8, 4) is 0 Å². The Balaban J connectivity index is 2.47. The normalized spacial score (nSPS) is 19.6. The summed E-state index contributed by atoms with van der Waals surface area (Å²) in [4.78, 5) is 36.9. The maximum atomic E-state index is 12.5. The second kappa shape index (κ2) is 14.4. The van der Waals surface area contributed by atoms with Crippen LogP contribution in [-0.4, -0.2) is 83.7 Å². The number of aliphatic hydroxyl groups excluding tert-OH is 3. The number of carbonyl (C=O) groups excluding carboxylic acids is 3. The topological polar surface area (TPSA) is 157 Å². The first-order valence-corrected chi connectivity index (χ1v) is 12.0. The van der Waals surface area contributed by atoms with Crippen LogP contribution in [0.1, 0.15) is 59.8 Å². The highest BCUT2D eigenvalue weighted by molar-refractivity contribution is 5.89. The molecule has 1 rings (SSSR count). The number of nitrogens with one attached hydrogen (secondary N) is 3. The van der Waals surface area contributed by atoms with Crippen molar-refractivity contribution in [2.45, 2.75) is 90.3 Å². The summed E-state index contributed by atoms with van der Waals surface area (Å²) in [6.07, 6.45) is 1.79. The largest absolute Gasteiger partial charge is 0.387 e. The summed E-state index contributed by atoms with van der Waals surface area (Å²) in [7, 11) is 1.18. The molecule has 10 nitrogen and oxygen atoms in total. The number of methoxy groups -OCH3 is 1. The van der Waals surface area contributed by atoms with Gasteiger partial charge in [0.05, 0.1) is 0 Å². The Morgan fingerprint density at radius 1 is 0.971 bits per heavy atom. The van der Waals surface area contributed by atoms with Crippen LogP contribution in [0.4, 0.5) is 0 Å². The minimum absolute atomic E-state index is 0.00492. The van der Waals surface area contributed by atoms with E-state index in [2.05, 4.69) is 16.0 Å². The van der Waals surface area contributed by atoms with Crippen molar-refractivity contribution >= 4 is 17.7 Å². The third-order valence-electron chi connectivity index (χ3n) is 5.77. The van der Waals surface area contributed by atoms with Crippen LogP contribution in [-0.2, 0) is 19.1 Å². The van der Waals surface area contributed by atoms with Crippen LogP contribution >= 0.6 is 0 Å². The Labute approximate surface area is 202 Å². The van der Waals surface area contributed by atoms with Crippen LogP contribution in [0.2, 0.25) is 0 Å². The van der Waals surface area contributed by atoms with Crippen LogP contribution < -0.4 is 16.0 Å². The molecule has 0 heterocycles. The van der Waals surface area contributed by atoms with Gasteiger partial charge in [-0.3, -0.25) is 14.4 Å². The molecular formula is C24H43N3O7. The van der Waals surface area contributed by atoms with E-state index in [0.717, 1.165) is 32.1 Å². The Morgan fingerprint density at radius 2 is 1.56 bits per heavy atom. The highest BCUT2D eigenvalue weighted by Gasteiger charge is 2.36. The molecule has 0 bridgehead atoms. The van der Waals surface area contributed by atoms with Crippen molar-refractivity contribution in [3.05, 3.63) is 12.2 Å². The van der Waals surface area contributed by atoms with Gasteiger partial charge >= 0.3 is 0 Å². The summed E-state index contributed by atoms with van der Waals surface area (Å²) >= 11 is 0. The van der Waals surface area contributed by atoms with Gasteiger partial charge in [0.25, 0.3) is 5.91 Å². The maximum Gasteiger partial charge on any atom is 0.252 e. The smallest absolute Gasteiger partial charge is 0.252 e. The number of amides is 3. The number of allylic oxidation sites excluding steroid dienone is 1. The average Bonchev–Trinajstić information content (AvgIpc) is 2.79. The minimum atomic E-state index is -1.73. The van der Waals surface area contributed by atoms with Gasteiger partial charge < -0.3 is 36.0 Å². The average molecular weight is 486 g/mol. The van der Waals surface area contributed by atoms with Crippen molar-refractivity contribution in [2.75, 3.05) is 20.2 Å². The molecule has 0 unspecified atom stereocenters. The Hall–Kier alpha value is -2.01. The van der Waals surface area contributed by atoms with Crippen LogP contribution in [0, 0.1) is 11.3 Å². The summed E-state index contributed by atoms with van der Waals surface area (Å²) in [5.74, 6) is -1.24. The summed E-state index contributed by atoms with van der Waals surface area (Å²) in [5.41, 5.74) is -0.245. The first kappa shape index (κ1) is 30.0. The fourth-order valence-corrected chi connectivity index (χ4v) is 3.68. The lowest BCUT2D eigenvalue weighted by atomic mass is 9.89. The van der Waals surface area contributed by atoms with Crippen molar-refractivity contribution in [3.63, 3.8) is 0 Å². The van der Waals surface area contributed by atoms with E-state index in [1.807, 2.05) is 20.8 Å². The molecule has 0 aromatic carbocycles. The number of ether oxygens (including phenoxy) is 1. The summed E-state index contributed by atoms with van der Waals surface area (Å²) < 4.78 is 5.02. The van der Waals surface area contributed by atoms with Gasteiger partial charge in [0.2, 0.25) is 11.8 Å². The molecular weight excluding hydrogens is 442 g/mol. The molecule has 34 heavy (non-hydrogen) atoms. The molecule has 3 amide bonds. The van der Waals surface area contributed by atoms with Gasteiger partial charge in [-0.05, 0) is 25.2 Å². The number of aliphatic hydroxyl groups is 3. The quantitative estimate of drug-likeness (QED) is 0.168. The highest BCUT2D eigenvalue weighted by Crippen LogP contribution is 2.23. The van der Waals surface area contributed by atoms with Gasteiger partial charge in [-0.15, -0.1) is 0 Å². The maximum absolute atomic E-state index is 12.5. The summed E-state index contributed by atoms with van der Waals surface area (Å²) in [5, 5.41) is 38.6. The molecule has 1 saturated carbocycles. The van der Waals surface area contributed by atoms with Crippen LogP contribution in [0.25, 0.3) is 0 Å². The second-order valence-electron chi connectivity index (χ2n) is 10.0. The number of rotatable bonds is 12. The number of carbonyl (C=O) groups is 3. The predicted octanol–water partition coefficient (Wildman–Crippen LogP) is 0.00380. The molecule has 0 radical (unpaired) electrons. The first-order valence-electron chi connectivity index (χ1n) is 12.0. The van der Waals surface area contributed by atoms with Crippen LogP contribution in [0.15, 0.2) is 12.2 Å². The predicted molar refractivity (Wildman–Crippen MR) is 128 cm³/mol. The van der Waals surface area contributed by atoms with E-state index in [1.165, 1.54) is 20.1 Å². The Bertz CT molecular complexity index is 687. The first-order chi connectivity index (χ1) is 15.9. The number of hydrogen-bond acceptors (Lipinski definition) is 7. The van der Waals surface area contributed by atoms with Crippen LogP contribution in [0.3, 0.4) is 0 Å². The van der Waals surface area contributed by atoms with Crippen molar-refractivity contribution < 1.29 is 34.4 Å². The van der Waals surface area contributed by atoms with Gasteiger partial charge in [0, 0.05) is 26.1 Å². The van der Waals surface area contributed by atoms with Gasteiger partial charge in [-0.1, -0.05) is 52.2 Å². The van der Waals surface area contributed by atoms with Crippen molar-refractivity contribution in [1.82, 2.24) is 16.0 Å². The van der Waals surface area contributed by atoms with E-state index in [4.69, 9.17) is 4.74 Å². The molecule has 1 aliphatic rings. The lowest BCUT2D eigenvalue weighted by Gasteiger charge is -2.28. The Kier molecular flexibility index (Phi) is 12.7. The number of hydrogen-bond donors (Lipinski definition) is 6. The monoisotopic (exact) mass is 485 g/mol. The molecule has 0 aromatic heterocycles. The van der Waals surface area contributed by atoms with E-state index in [1.54, 1.807) is 6.08 Å². The molecule has 5 atom stereocenters. The third kappa shape index (κ3) is 10.5. The van der Waals surface area contributed by atoms with Gasteiger partial charge in [0.15, 0.2) is 6.10 Å². The molecule has 0 aliphatic heterocycles. The molecule has 1 aliphatic carbocycles. The molecule has 6 N–H and O–H groups in total. The molecule has 10 heteroatoms. The SMILES string of the molecule is CO[C@@H](C(=O)N[C@@H](C)C(=O)NCCNC(=O)C1CCCCC1)[C@H](O)[C@@H](O)[C@H](O)/C=C/C(C)(C)C. The van der Waals surface area contributed by atoms with Gasteiger partial charge in [-0.25, -0.2) is 0 Å². The Morgan fingerprint density at radius 3 is 2.12 bits per heavy atom. The molecule has 196 valence electrons. The molecule has 0 aromatic rings. The molecule has 0 saturated heterocycles. The molecule has 1 fully saturated rings. The van der Waals surface area contributed by atoms with Gasteiger partial charge in [-0.2, -0.15) is 0 Å². The van der Waals surface area contributed by atoms with E-state index < -0.39 is 42.3 Å². The third-order valence-corrected chi connectivity index (χ3v) is 5.77. The van der Waals surface area contributed by atoms with E-state index >= 15 is 0 Å². The zero-order valence-corrected chi connectivity index (χ0v) is 21.0. The second-order valence-corrected chi connectivity index (χ2v) is 10.0. The lowest BCUT2D eigenvalue weighted by Crippen LogP contribution is -2.55. The molecule has 0 spiro atoms. The van der Waals surface area contributed by atoms with E-state index in [9.17, 15) is 29.7 Å². The van der Waals surface area contributed by atoms with E-state index in [0.29, 0.717) is 0 Å². The zero-order chi connectivity index (χ0) is 25.9. The minimum Gasteiger partial charge on any atom is -0.387 e. The van der Waals surface area contributed by atoms with E-state index in [-0.39, 0.29) is 30.3 Å². The lowest BCUT2D eigenvalue weighted by molar-refractivity contribution is -0.150. The summed E-state index contributed by atoms with van der Waals surface area (Å²) in [6.45, 7) is 7.67. The van der Waals surface area contributed by atoms with Crippen molar-refractivity contribution in [1.29, 1.82) is 0 Å². The standard InChI is InChI=1S/C24H43N3O7/c1-15(21(31)25-13-14-26-22(32)16-9-7-6-8-10-16)27-23(33)20(34-5)19(30)18(29)17(28)11-12-24(2,3)4/h11-12,15-20,28-30H,6-10,13-14H2,1-5H3,(H,25,31)(H,26,32)(H,27,33)/b12-11+/t15-,17+,18-,19+,20+/m0/s1. The highest BCUT2D eigenvalue weighted by atomic mass is 16.5. The van der Waals surface area contributed by atoms with Crippen molar-refractivity contribution in [2.24, 2.45) is 11.3 Å².